The minimum atomic E-state index is -0.110. The lowest BCUT2D eigenvalue weighted by Crippen LogP contribution is -2.50. The van der Waals surface area contributed by atoms with Crippen LogP contribution >= 0.6 is 0 Å². The van der Waals surface area contributed by atoms with Gasteiger partial charge >= 0.3 is 0 Å². The monoisotopic (exact) mass is 579 g/mol. The van der Waals surface area contributed by atoms with Gasteiger partial charge in [0.2, 0.25) is 0 Å². The molecule has 4 aromatic heterocycles. The number of methoxy groups -OCH3 is 1. The number of hydrogen-bond donors (Lipinski definition) is 1. The number of ether oxygens (including phenoxy) is 1. The third-order valence-electron chi connectivity index (χ3n) is 9.06. The highest BCUT2D eigenvalue weighted by Gasteiger charge is 2.30. The first kappa shape index (κ1) is 27.4. The predicted octanol–water partition coefficient (Wildman–Crippen LogP) is 4.42. The van der Waals surface area contributed by atoms with E-state index in [0.717, 1.165) is 53.1 Å². The zero-order valence-electron chi connectivity index (χ0n) is 25.1. The van der Waals surface area contributed by atoms with Crippen LogP contribution in [0.4, 0.5) is 0 Å². The van der Waals surface area contributed by atoms with E-state index >= 15 is 0 Å². The summed E-state index contributed by atoms with van der Waals surface area (Å²) in [6, 6.07) is 15.1. The Morgan fingerprint density at radius 3 is 2.63 bits per heavy atom. The number of pyridine rings is 2. The van der Waals surface area contributed by atoms with Crippen molar-refractivity contribution in [2.75, 3.05) is 13.7 Å². The number of benzene rings is 1. The molecule has 1 aliphatic carbocycles. The third-order valence-corrected chi connectivity index (χ3v) is 9.06. The summed E-state index contributed by atoms with van der Waals surface area (Å²) in [4.78, 5) is 38.4. The largest absolute Gasteiger partial charge is 0.494 e. The van der Waals surface area contributed by atoms with Crippen molar-refractivity contribution in [3.63, 3.8) is 0 Å². The van der Waals surface area contributed by atoms with E-state index in [4.69, 9.17) is 20.4 Å². The number of aryl methyl sites for hydroxylation is 2. The van der Waals surface area contributed by atoms with Crippen LogP contribution < -0.4 is 16.0 Å². The van der Waals surface area contributed by atoms with Gasteiger partial charge in [-0.05, 0) is 81.8 Å². The molecule has 2 atom stereocenters. The van der Waals surface area contributed by atoms with E-state index in [2.05, 4.69) is 17.6 Å². The average Bonchev–Trinajstić information content (AvgIpc) is 3.67. The maximum Gasteiger partial charge on any atom is 0.256 e. The molecule has 0 unspecified atom stereocenters. The van der Waals surface area contributed by atoms with Gasteiger partial charge in [-0.2, -0.15) is 0 Å². The van der Waals surface area contributed by atoms with Crippen molar-refractivity contribution in [3.8, 4) is 23.1 Å². The van der Waals surface area contributed by atoms with E-state index in [-0.39, 0.29) is 23.6 Å². The predicted molar refractivity (Wildman–Crippen MR) is 167 cm³/mol. The van der Waals surface area contributed by atoms with Gasteiger partial charge in [0.15, 0.2) is 5.82 Å². The van der Waals surface area contributed by atoms with Crippen molar-refractivity contribution >= 4 is 28.0 Å². The van der Waals surface area contributed by atoms with Crippen LogP contribution in [0.5, 0.6) is 5.75 Å². The SMILES string of the molecule is COc1cc(C(=O)N2C[C@H](N)CC[C@@H]2C)cc2nc(-c3cc4ccc(-n5c(C)cccc5=O)nc4n3CC3CC3)n(C)c12. The van der Waals surface area contributed by atoms with Crippen molar-refractivity contribution in [2.45, 2.75) is 58.2 Å². The van der Waals surface area contributed by atoms with Gasteiger partial charge in [0.25, 0.3) is 11.5 Å². The highest BCUT2D eigenvalue weighted by Crippen LogP contribution is 2.38. The van der Waals surface area contributed by atoms with Gasteiger partial charge in [0.1, 0.15) is 22.7 Å². The number of carbonyl (C=O) groups is 1. The van der Waals surface area contributed by atoms with E-state index in [0.29, 0.717) is 35.1 Å². The summed E-state index contributed by atoms with van der Waals surface area (Å²) >= 11 is 0. The Kier molecular flexibility index (Phi) is 6.61. The Labute approximate surface area is 249 Å². The fraction of sp³-hybridized carbons (Fsp3) is 0.394. The van der Waals surface area contributed by atoms with Gasteiger partial charge in [-0.25, -0.2) is 9.97 Å². The molecule has 10 heteroatoms. The number of fused-ring (bicyclic) bond motifs is 2. The lowest BCUT2D eigenvalue weighted by molar-refractivity contribution is 0.0612. The summed E-state index contributed by atoms with van der Waals surface area (Å²) < 4.78 is 11.7. The van der Waals surface area contributed by atoms with Crippen LogP contribution in [0, 0.1) is 12.8 Å². The molecule has 0 bridgehead atoms. The van der Waals surface area contributed by atoms with Crippen LogP contribution in [0.1, 0.15) is 48.7 Å². The number of piperidine rings is 1. The molecule has 1 aromatic carbocycles. The maximum absolute atomic E-state index is 13.7. The molecule has 1 saturated carbocycles. The lowest BCUT2D eigenvalue weighted by atomic mass is 9.99. The van der Waals surface area contributed by atoms with Crippen LogP contribution in [-0.2, 0) is 13.6 Å². The van der Waals surface area contributed by atoms with Crippen molar-refractivity contribution in [2.24, 2.45) is 18.7 Å². The Balaban J connectivity index is 1.37. The topological polar surface area (TPSA) is 113 Å². The molecule has 5 heterocycles. The number of amides is 1. The van der Waals surface area contributed by atoms with E-state index in [1.807, 2.05) is 53.8 Å². The molecule has 1 saturated heterocycles. The Bertz CT molecular complexity index is 1950. The second-order valence-electron chi connectivity index (χ2n) is 12.2. The number of aromatic nitrogens is 5. The van der Waals surface area contributed by atoms with Crippen LogP contribution in [0.3, 0.4) is 0 Å². The van der Waals surface area contributed by atoms with Gasteiger partial charge in [0, 0.05) is 54.9 Å². The van der Waals surface area contributed by atoms with Crippen molar-refractivity contribution in [3.05, 3.63) is 70.1 Å². The van der Waals surface area contributed by atoms with E-state index in [1.165, 1.54) is 12.8 Å². The number of nitrogens with zero attached hydrogens (tertiary/aromatic N) is 6. The number of nitrogens with two attached hydrogens (primary N) is 1. The second kappa shape index (κ2) is 10.4. The number of carbonyl (C=O) groups excluding carboxylic acids is 1. The van der Waals surface area contributed by atoms with Crippen molar-refractivity contribution < 1.29 is 9.53 Å². The van der Waals surface area contributed by atoms with Gasteiger partial charge in [-0.3, -0.25) is 14.2 Å². The Hall–Kier alpha value is -4.44. The zero-order chi connectivity index (χ0) is 30.0. The molecule has 10 nitrogen and oxygen atoms in total. The van der Waals surface area contributed by atoms with Gasteiger partial charge in [-0.15, -0.1) is 0 Å². The second-order valence-corrected chi connectivity index (χ2v) is 12.2. The molecule has 43 heavy (non-hydrogen) atoms. The molecular formula is C33H37N7O3. The number of imidazole rings is 1. The Morgan fingerprint density at radius 2 is 1.88 bits per heavy atom. The highest BCUT2D eigenvalue weighted by atomic mass is 16.5. The molecule has 0 radical (unpaired) electrons. The molecule has 1 amide bonds. The maximum atomic E-state index is 13.7. The normalized spacial score (nSPS) is 19.0. The van der Waals surface area contributed by atoms with E-state index < -0.39 is 0 Å². The quantitative estimate of drug-likeness (QED) is 0.319. The zero-order valence-corrected chi connectivity index (χ0v) is 25.1. The number of likely N-dealkylation sites (tertiary alicyclic amines) is 1. The summed E-state index contributed by atoms with van der Waals surface area (Å²) in [5.74, 6) is 2.48. The minimum absolute atomic E-state index is 0.0147. The van der Waals surface area contributed by atoms with Gasteiger partial charge in [-0.1, -0.05) is 6.07 Å². The van der Waals surface area contributed by atoms with Crippen LogP contribution in [-0.4, -0.2) is 60.2 Å². The van der Waals surface area contributed by atoms with Gasteiger partial charge in [0.05, 0.1) is 18.3 Å². The van der Waals surface area contributed by atoms with Crippen LogP contribution in [0.25, 0.3) is 39.4 Å². The first-order chi connectivity index (χ1) is 20.7. The first-order valence-corrected chi connectivity index (χ1v) is 15.0. The van der Waals surface area contributed by atoms with Crippen molar-refractivity contribution in [1.29, 1.82) is 0 Å². The third kappa shape index (κ3) is 4.70. The molecule has 7 rings (SSSR count). The summed E-state index contributed by atoms with van der Waals surface area (Å²) in [7, 11) is 3.60. The highest BCUT2D eigenvalue weighted by molar-refractivity contribution is 6.00. The first-order valence-electron chi connectivity index (χ1n) is 15.0. The smallest absolute Gasteiger partial charge is 0.256 e. The summed E-state index contributed by atoms with van der Waals surface area (Å²) in [6.07, 6.45) is 4.16. The standard InChI is InChI=1S/C33H37N7O3/c1-19-8-12-24(34)18-38(19)33(42)23-14-25-30(27(16-23)43-4)37(3)32(35-25)26-15-22-11-13-28(40-20(2)6-5-7-29(40)41)36-31(22)39(26)17-21-9-10-21/h5-7,11,13-16,19,21,24H,8-10,12,17-18,34H2,1-4H3/t19-,24+/m0/s1. The molecular weight excluding hydrogens is 542 g/mol. The van der Waals surface area contributed by atoms with E-state index in [9.17, 15) is 9.59 Å². The summed E-state index contributed by atoms with van der Waals surface area (Å²) in [5, 5.41) is 0.978. The van der Waals surface area contributed by atoms with E-state index in [1.54, 1.807) is 23.8 Å². The summed E-state index contributed by atoms with van der Waals surface area (Å²) in [6.45, 7) is 5.34. The Morgan fingerprint density at radius 1 is 1.07 bits per heavy atom. The minimum Gasteiger partial charge on any atom is -0.494 e. The molecule has 222 valence electrons. The van der Waals surface area contributed by atoms with Crippen LogP contribution in [0.2, 0.25) is 0 Å². The summed E-state index contributed by atoms with van der Waals surface area (Å²) in [5.41, 5.74) is 10.8. The molecule has 1 aliphatic heterocycles. The molecule has 0 spiro atoms. The molecule has 2 fully saturated rings. The molecule has 2 aliphatic rings. The van der Waals surface area contributed by atoms with Crippen LogP contribution in [0.15, 0.2) is 53.3 Å². The molecule has 5 aromatic rings. The molecule has 2 N–H and O–H groups in total. The number of rotatable bonds is 6. The fourth-order valence-electron chi connectivity index (χ4n) is 6.46. The number of hydrogen-bond acceptors (Lipinski definition) is 6. The fourth-order valence-corrected chi connectivity index (χ4v) is 6.46. The average molecular weight is 580 g/mol. The van der Waals surface area contributed by atoms with Crippen molar-refractivity contribution in [1.82, 2.24) is 28.6 Å². The lowest BCUT2D eigenvalue weighted by Gasteiger charge is -2.36. The van der Waals surface area contributed by atoms with Gasteiger partial charge < -0.3 is 24.5 Å².